The second kappa shape index (κ2) is 6.15. The molecule has 2 unspecified atom stereocenters. The molecule has 0 aliphatic carbocycles. The third-order valence-electron chi connectivity index (χ3n) is 4.40. The van der Waals surface area contributed by atoms with Gasteiger partial charge in [0.1, 0.15) is 0 Å². The lowest BCUT2D eigenvalue weighted by molar-refractivity contribution is 0.0304. The molecular weight excluding hydrogens is 248 g/mol. The monoisotopic (exact) mass is 274 g/mol. The maximum Gasteiger partial charge on any atom is 0.0755 e. The van der Waals surface area contributed by atoms with Crippen molar-refractivity contribution in [3.63, 3.8) is 0 Å². The van der Waals surface area contributed by atoms with E-state index in [1.807, 2.05) is 0 Å². The Bertz CT molecular complexity index is 448. The molecule has 0 spiro atoms. The minimum Gasteiger partial charge on any atom is -0.371 e. The fourth-order valence-corrected chi connectivity index (χ4v) is 3.40. The number of nitrogens with zero attached hydrogens (tertiary/aromatic N) is 1. The van der Waals surface area contributed by atoms with Gasteiger partial charge in [-0.25, -0.2) is 0 Å². The Morgan fingerprint density at radius 2 is 2.00 bits per heavy atom. The van der Waals surface area contributed by atoms with E-state index >= 15 is 0 Å². The molecule has 2 bridgehead atoms. The van der Waals surface area contributed by atoms with Gasteiger partial charge >= 0.3 is 0 Å². The first-order valence-corrected chi connectivity index (χ1v) is 7.97. The Morgan fingerprint density at radius 1 is 1.25 bits per heavy atom. The van der Waals surface area contributed by atoms with Crippen LogP contribution in [-0.2, 0) is 11.3 Å². The molecular formula is C17H26N2O. The van der Waals surface area contributed by atoms with Crippen LogP contribution in [0.3, 0.4) is 0 Å². The molecule has 0 aromatic heterocycles. The molecule has 1 aromatic carbocycles. The third kappa shape index (κ3) is 2.99. The standard InChI is InChI=1S/C17H26N2O/c1-3-8-18-10-14-4-7-17(13(2)9-14)19-11-15-5-6-16(12-19)20-15/h4,7,9,15-16,18H,3,5-6,8,10-12H2,1-2H3. The van der Waals surface area contributed by atoms with Crippen molar-refractivity contribution in [2.75, 3.05) is 24.5 Å². The van der Waals surface area contributed by atoms with Gasteiger partial charge in [-0.1, -0.05) is 19.1 Å². The largest absolute Gasteiger partial charge is 0.371 e. The molecule has 2 aliphatic rings. The van der Waals surface area contributed by atoms with Crippen LogP contribution in [0.4, 0.5) is 5.69 Å². The van der Waals surface area contributed by atoms with Crippen molar-refractivity contribution in [1.29, 1.82) is 0 Å². The molecule has 2 saturated heterocycles. The lowest BCUT2D eigenvalue weighted by Gasteiger charge is -2.35. The molecule has 2 fully saturated rings. The van der Waals surface area contributed by atoms with Crippen molar-refractivity contribution in [1.82, 2.24) is 5.32 Å². The van der Waals surface area contributed by atoms with Crippen LogP contribution in [0.15, 0.2) is 18.2 Å². The first-order chi connectivity index (χ1) is 9.76. The molecule has 1 aromatic rings. The quantitative estimate of drug-likeness (QED) is 0.836. The van der Waals surface area contributed by atoms with Crippen molar-refractivity contribution in [2.45, 2.75) is 51.9 Å². The first kappa shape index (κ1) is 13.9. The molecule has 20 heavy (non-hydrogen) atoms. The Labute approximate surface area is 122 Å². The number of rotatable bonds is 5. The predicted molar refractivity (Wildman–Crippen MR) is 83.3 cm³/mol. The van der Waals surface area contributed by atoms with E-state index in [0.29, 0.717) is 12.2 Å². The van der Waals surface area contributed by atoms with E-state index in [1.165, 1.54) is 36.1 Å². The summed E-state index contributed by atoms with van der Waals surface area (Å²) in [5.74, 6) is 0. The number of hydrogen-bond donors (Lipinski definition) is 1. The summed E-state index contributed by atoms with van der Waals surface area (Å²) in [6.07, 6.45) is 4.57. The second-order valence-electron chi connectivity index (χ2n) is 6.16. The van der Waals surface area contributed by atoms with Crippen molar-refractivity contribution < 1.29 is 4.74 Å². The molecule has 2 atom stereocenters. The van der Waals surface area contributed by atoms with E-state index in [0.717, 1.165) is 26.2 Å². The van der Waals surface area contributed by atoms with Gasteiger partial charge < -0.3 is 15.0 Å². The summed E-state index contributed by atoms with van der Waals surface area (Å²) in [6, 6.07) is 6.89. The van der Waals surface area contributed by atoms with Crippen LogP contribution >= 0.6 is 0 Å². The zero-order valence-electron chi connectivity index (χ0n) is 12.7. The lowest BCUT2D eigenvalue weighted by Crippen LogP contribution is -2.42. The third-order valence-corrected chi connectivity index (χ3v) is 4.40. The Morgan fingerprint density at radius 3 is 2.65 bits per heavy atom. The molecule has 0 radical (unpaired) electrons. The molecule has 0 amide bonds. The fraction of sp³-hybridized carbons (Fsp3) is 0.647. The van der Waals surface area contributed by atoms with Gasteiger partial charge in [0.2, 0.25) is 0 Å². The number of fused-ring (bicyclic) bond motifs is 2. The maximum atomic E-state index is 5.93. The second-order valence-corrected chi connectivity index (χ2v) is 6.16. The van der Waals surface area contributed by atoms with Crippen LogP contribution in [0.5, 0.6) is 0 Å². The maximum absolute atomic E-state index is 5.93. The van der Waals surface area contributed by atoms with E-state index in [9.17, 15) is 0 Å². The number of morpholine rings is 1. The average molecular weight is 274 g/mol. The highest BCUT2D eigenvalue weighted by atomic mass is 16.5. The molecule has 0 saturated carbocycles. The molecule has 3 rings (SSSR count). The normalized spacial score (nSPS) is 25.2. The predicted octanol–water partition coefficient (Wildman–Crippen LogP) is 2.86. The highest BCUT2D eigenvalue weighted by Crippen LogP contribution is 2.31. The van der Waals surface area contributed by atoms with Gasteiger partial charge in [-0.15, -0.1) is 0 Å². The van der Waals surface area contributed by atoms with Gasteiger partial charge in [0.25, 0.3) is 0 Å². The van der Waals surface area contributed by atoms with Crippen LogP contribution < -0.4 is 10.2 Å². The Hall–Kier alpha value is -1.06. The summed E-state index contributed by atoms with van der Waals surface area (Å²) >= 11 is 0. The summed E-state index contributed by atoms with van der Waals surface area (Å²) < 4.78 is 5.93. The number of nitrogens with one attached hydrogen (secondary N) is 1. The van der Waals surface area contributed by atoms with E-state index < -0.39 is 0 Å². The van der Waals surface area contributed by atoms with Crippen molar-refractivity contribution in [3.05, 3.63) is 29.3 Å². The minimum atomic E-state index is 0.457. The molecule has 1 N–H and O–H groups in total. The number of benzene rings is 1. The van der Waals surface area contributed by atoms with Crippen molar-refractivity contribution in [3.8, 4) is 0 Å². The van der Waals surface area contributed by atoms with Crippen LogP contribution in [-0.4, -0.2) is 31.8 Å². The minimum absolute atomic E-state index is 0.457. The smallest absolute Gasteiger partial charge is 0.0755 e. The summed E-state index contributed by atoms with van der Waals surface area (Å²) in [5.41, 5.74) is 4.17. The molecule has 110 valence electrons. The van der Waals surface area contributed by atoms with E-state index in [2.05, 4.69) is 42.3 Å². The van der Waals surface area contributed by atoms with Gasteiger partial charge in [-0.3, -0.25) is 0 Å². The topological polar surface area (TPSA) is 24.5 Å². The summed E-state index contributed by atoms with van der Waals surface area (Å²) in [6.45, 7) is 8.62. The highest BCUT2D eigenvalue weighted by molar-refractivity contribution is 5.55. The lowest BCUT2D eigenvalue weighted by atomic mass is 10.1. The van der Waals surface area contributed by atoms with E-state index in [1.54, 1.807) is 0 Å². The van der Waals surface area contributed by atoms with Gasteiger partial charge in [0.05, 0.1) is 12.2 Å². The average Bonchev–Trinajstić information content (AvgIpc) is 2.78. The number of hydrogen-bond acceptors (Lipinski definition) is 3. The molecule has 2 aliphatic heterocycles. The SMILES string of the molecule is CCCNCc1ccc(N2CC3CCC(C2)O3)c(C)c1. The molecule has 2 heterocycles. The zero-order chi connectivity index (χ0) is 13.9. The molecule has 3 heteroatoms. The van der Waals surface area contributed by atoms with Crippen LogP contribution in [0, 0.1) is 6.92 Å². The number of anilines is 1. The van der Waals surface area contributed by atoms with Crippen LogP contribution in [0.25, 0.3) is 0 Å². The van der Waals surface area contributed by atoms with Gasteiger partial charge in [0, 0.05) is 25.3 Å². The summed E-state index contributed by atoms with van der Waals surface area (Å²) in [5, 5.41) is 3.47. The van der Waals surface area contributed by atoms with E-state index in [-0.39, 0.29) is 0 Å². The van der Waals surface area contributed by atoms with Gasteiger partial charge in [0.15, 0.2) is 0 Å². The van der Waals surface area contributed by atoms with E-state index in [4.69, 9.17) is 4.74 Å². The van der Waals surface area contributed by atoms with Crippen molar-refractivity contribution >= 4 is 5.69 Å². The number of aryl methyl sites for hydroxylation is 1. The zero-order valence-corrected chi connectivity index (χ0v) is 12.7. The van der Waals surface area contributed by atoms with Crippen LogP contribution in [0.1, 0.15) is 37.3 Å². The number of ether oxygens (including phenoxy) is 1. The fourth-order valence-electron chi connectivity index (χ4n) is 3.40. The highest BCUT2D eigenvalue weighted by Gasteiger charge is 2.34. The van der Waals surface area contributed by atoms with Crippen molar-refractivity contribution in [2.24, 2.45) is 0 Å². The summed E-state index contributed by atoms with van der Waals surface area (Å²) in [4.78, 5) is 2.52. The van der Waals surface area contributed by atoms with Gasteiger partial charge in [-0.2, -0.15) is 0 Å². The molecule has 3 nitrogen and oxygen atoms in total. The Balaban J connectivity index is 1.67. The summed E-state index contributed by atoms with van der Waals surface area (Å²) in [7, 11) is 0. The van der Waals surface area contributed by atoms with Gasteiger partial charge in [-0.05, 0) is 49.9 Å². The first-order valence-electron chi connectivity index (χ1n) is 7.97. The Kier molecular flexibility index (Phi) is 4.27. The van der Waals surface area contributed by atoms with Crippen LogP contribution in [0.2, 0.25) is 0 Å².